The number of hydrogen-bond acceptors (Lipinski definition) is 4. The third-order valence-corrected chi connectivity index (χ3v) is 5.48. The predicted octanol–water partition coefficient (Wildman–Crippen LogP) is 4.85. The summed E-state index contributed by atoms with van der Waals surface area (Å²) < 4.78 is 1.35. The van der Waals surface area contributed by atoms with Crippen LogP contribution >= 0.6 is 50.3 Å². The molecule has 0 aliphatic carbocycles. The molecule has 124 valence electrons. The first-order valence-corrected chi connectivity index (χ1v) is 9.88. The Labute approximate surface area is 162 Å². The molecule has 1 fully saturated rings. The standard InChI is InChI=1S/C16H18BrIN2O2S/c1-8(2)19-16-20(9(3)4)15(22)13(23-16)7-10-5-11(17)14(21)12(18)6-10/h5-9,21H,1-4H3/b13-7+,19-16?. The molecule has 1 N–H and O–H groups in total. The Bertz CT molecular complexity index is 678. The zero-order valence-electron chi connectivity index (χ0n) is 13.3. The van der Waals surface area contributed by atoms with Crippen LogP contribution in [-0.4, -0.2) is 33.2 Å². The maximum atomic E-state index is 12.7. The number of phenolic OH excluding ortho intramolecular Hbond substituents is 1. The summed E-state index contributed by atoms with van der Waals surface area (Å²) in [6, 6.07) is 3.84. The van der Waals surface area contributed by atoms with Gasteiger partial charge in [0, 0.05) is 12.1 Å². The Morgan fingerprint density at radius 3 is 2.52 bits per heavy atom. The number of aliphatic imine (C=N–C) groups is 1. The molecule has 1 amide bonds. The molecule has 0 aromatic heterocycles. The van der Waals surface area contributed by atoms with Gasteiger partial charge in [0.25, 0.3) is 5.91 Å². The van der Waals surface area contributed by atoms with Crippen molar-refractivity contribution in [1.82, 2.24) is 4.90 Å². The summed E-state index contributed by atoms with van der Waals surface area (Å²) in [5.74, 6) is 0.188. The van der Waals surface area contributed by atoms with E-state index in [0.29, 0.717) is 9.38 Å². The van der Waals surface area contributed by atoms with E-state index < -0.39 is 0 Å². The Hall–Kier alpha value is -0.540. The molecular formula is C16H18BrIN2O2S. The van der Waals surface area contributed by atoms with E-state index in [0.717, 1.165) is 14.3 Å². The SMILES string of the molecule is CC(C)N=C1S/C(=C/c2cc(Br)c(O)c(I)c2)C(=O)N1C(C)C. The fourth-order valence-corrected chi connectivity index (χ4v) is 4.80. The summed E-state index contributed by atoms with van der Waals surface area (Å²) in [5.41, 5.74) is 0.865. The Morgan fingerprint density at radius 2 is 2.00 bits per heavy atom. The van der Waals surface area contributed by atoms with E-state index in [1.54, 1.807) is 11.0 Å². The molecule has 0 bridgehead atoms. The molecule has 0 spiro atoms. The summed E-state index contributed by atoms with van der Waals surface area (Å²) in [5, 5.41) is 10.6. The van der Waals surface area contributed by atoms with Gasteiger partial charge in [-0.25, -0.2) is 0 Å². The van der Waals surface area contributed by atoms with Crippen molar-refractivity contribution in [3.05, 3.63) is 30.6 Å². The van der Waals surface area contributed by atoms with E-state index in [2.05, 4.69) is 43.5 Å². The minimum Gasteiger partial charge on any atom is -0.506 e. The predicted molar refractivity (Wildman–Crippen MR) is 109 cm³/mol. The number of phenols is 1. The molecule has 0 saturated carbocycles. The minimum absolute atomic E-state index is 0.0244. The van der Waals surface area contributed by atoms with Crippen molar-refractivity contribution >= 4 is 67.4 Å². The summed E-state index contributed by atoms with van der Waals surface area (Å²) in [6.07, 6.45) is 1.84. The number of amidine groups is 1. The Kier molecular flexibility index (Phi) is 6.18. The highest BCUT2D eigenvalue weighted by molar-refractivity contribution is 14.1. The number of carbonyl (C=O) groups is 1. The van der Waals surface area contributed by atoms with Crippen molar-refractivity contribution in [2.24, 2.45) is 4.99 Å². The number of aromatic hydroxyl groups is 1. The van der Waals surface area contributed by atoms with Crippen LogP contribution in [0.1, 0.15) is 33.3 Å². The topological polar surface area (TPSA) is 52.9 Å². The highest BCUT2D eigenvalue weighted by Gasteiger charge is 2.35. The molecule has 2 rings (SSSR count). The van der Waals surface area contributed by atoms with Crippen molar-refractivity contribution < 1.29 is 9.90 Å². The normalized spacial score (nSPS) is 19.0. The van der Waals surface area contributed by atoms with Crippen LogP contribution in [0.25, 0.3) is 6.08 Å². The molecule has 0 unspecified atom stereocenters. The number of nitrogens with zero attached hydrogens (tertiary/aromatic N) is 2. The van der Waals surface area contributed by atoms with Gasteiger partial charge in [-0.3, -0.25) is 14.7 Å². The third-order valence-electron chi connectivity index (χ3n) is 3.06. The number of benzene rings is 1. The first kappa shape index (κ1) is 18.8. The maximum Gasteiger partial charge on any atom is 0.266 e. The number of hydrogen-bond donors (Lipinski definition) is 1. The first-order chi connectivity index (χ1) is 10.7. The van der Waals surface area contributed by atoms with E-state index in [1.165, 1.54) is 11.8 Å². The van der Waals surface area contributed by atoms with Crippen LogP contribution in [0.3, 0.4) is 0 Å². The van der Waals surface area contributed by atoms with E-state index >= 15 is 0 Å². The van der Waals surface area contributed by atoms with Gasteiger partial charge < -0.3 is 5.11 Å². The molecule has 1 aromatic carbocycles. The largest absolute Gasteiger partial charge is 0.506 e. The van der Waals surface area contributed by atoms with Gasteiger partial charge in [-0.15, -0.1) is 0 Å². The average molecular weight is 509 g/mol. The zero-order valence-corrected chi connectivity index (χ0v) is 17.9. The van der Waals surface area contributed by atoms with Crippen LogP contribution < -0.4 is 0 Å². The highest BCUT2D eigenvalue weighted by Crippen LogP contribution is 2.36. The molecular weight excluding hydrogens is 491 g/mol. The van der Waals surface area contributed by atoms with E-state index in [9.17, 15) is 9.90 Å². The van der Waals surface area contributed by atoms with Crippen LogP contribution in [0, 0.1) is 3.57 Å². The fraction of sp³-hybridized carbons (Fsp3) is 0.375. The summed E-state index contributed by atoms with van der Waals surface area (Å²) in [7, 11) is 0. The maximum absolute atomic E-state index is 12.7. The van der Waals surface area contributed by atoms with E-state index in [-0.39, 0.29) is 23.7 Å². The number of carbonyl (C=O) groups excluding carboxylic acids is 1. The van der Waals surface area contributed by atoms with Crippen molar-refractivity contribution in [1.29, 1.82) is 0 Å². The van der Waals surface area contributed by atoms with Gasteiger partial charge in [-0.05, 0) is 102 Å². The van der Waals surface area contributed by atoms with Crippen molar-refractivity contribution in [3.63, 3.8) is 0 Å². The van der Waals surface area contributed by atoms with Gasteiger partial charge in [0.05, 0.1) is 12.9 Å². The van der Waals surface area contributed by atoms with Crippen LogP contribution in [0.4, 0.5) is 0 Å². The van der Waals surface area contributed by atoms with E-state index in [1.807, 2.05) is 39.8 Å². The summed E-state index contributed by atoms with van der Waals surface area (Å²) >= 11 is 6.80. The molecule has 0 radical (unpaired) electrons. The number of halogens is 2. The summed E-state index contributed by atoms with van der Waals surface area (Å²) in [6.45, 7) is 7.96. The van der Waals surface area contributed by atoms with Gasteiger partial charge in [-0.1, -0.05) is 0 Å². The third kappa shape index (κ3) is 4.30. The first-order valence-electron chi connectivity index (χ1n) is 7.19. The highest BCUT2D eigenvalue weighted by atomic mass is 127. The van der Waals surface area contributed by atoms with Crippen molar-refractivity contribution in [3.8, 4) is 5.75 Å². The Balaban J connectivity index is 2.42. The second kappa shape index (κ2) is 7.57. The number of amides is 1. The molecule has 23 heavy (non-hydrogen) atoms. The minimum atomic E-state index is -0.0244. The lowest BCUT2D eigenvalue weighted by molar-refractivity contribution is -0.123. The van der Waals surface area contributed by atoms with Crippen molar-refractivity contribution in [2.75, 3.05) is 0 Å². The summed E-state index contributed by atoms with van der Waals surface area (Å²) in [4.78, 5) is 19.6. The smallest absolute Gasteiger partial charge is 0.266 e. The Morgan fingerprint density at radius 1 is 1.35 bits per heavy atom. The van der Waals surface area contributed by atoms with Gasteiger partial charge in [-0.2, -0.15) is 0 Å². The number of rotatable bonds is 3. The lowest BCUT2D eigenvalue weighted by atomic mass is 10.2. The monoisotopic (exact) mass is 508 g/mol. The van der Waals surface area contributed by atoms with Crippen LogP contribution in [0.5, 0.6) is 5.75 Å². The molecule has 1 heterocycles. The average Bonchev–Trinajstić information content (AvgIpc) is 2.71. The van der Waals surface area contributed by atoms with E-state index in [4.69, 9.17) is 0 Å². The van der Waals surface area contributed by atoms with Crippen LogP contribution in [0.2, 0.25) is 0 Å². The van der Waals surface area contributed by atoms with Gasteiger partial charge in [0.1, 0.15) is 5.75 Å². The molecule has 1 aromatic rings. The molecule has 1 aliphatic heterocycles. The molecule has 7 heteroatoms. The molecule has 1 saturated heterocycles. The molecule has 4 nitrogen and oxygen atoms in total. The number of thioether (sulfide) groups is 1. The quantitative estimate of drug-likeness (QED) is 0.469. The second-order valence-electron chi connectivity index (χ2n) is 5.72. The van der Waals surface area contributed by atoms with Gasteiger partial charge in [0.2, 0.25) is 0 Å². The van der Waals surface area contributed by atoms with Crippen LogP contribution in [-0.2, 0) is 4.79 Å². The second-order valence-corrected chi connectivity index (χ2v) is 8.74. The lowest BCUT2D eigenvalue weighted by Gasteiger charge is -2.20. The van der Waals surface area contributed by atoms with Gasteiger partial charge >= 0.3 is 0 Å². The van der Waals surface area contributed by atoms with Crippen LogP contribution in [0.15, 0.2) is 26.5 Å². The molecule has 1 aliphatic rings. The molecule has 0 atom stereocenters. The fourth-order valence-electron chi connectivity index (χ4n) is 2.07. The lowest BCUT2D eigenvalue weighted by Crippen LogP contribution is -2.35. The van der Waals surface area contributed by atoms with Crippen molar-refractivity contribution in [2.45, 2.75) is 39.8 Å². The van der Waals surface area contributed by atoms with Gasteiger partial charge in [0.15, 0.2) is 5.17 Å². The zero-order chi connectivity index (χ0) is 17.3.